The Morgan fingerprint density at radius 3 is 2.23 bits per heavy atom. The van der Waals surface area contributed by atoms with Crippen LogP contribution in [-0.4, -0.2) is 59.9 Å². The summed E-state index contributed by atoms with van der Waals surface area (Å²) in [7, 11) is 0. The molecule has 2 aliphatic rings. The van der Waals surface area contributed by atoms with E-state index in [1.165, 1.54) is 4.90 Å². The number of likely N-dealkylation sites (tertiary alicyclic amines) is 1. The lowest BCUT2D eigenvalue weighted by atomic mass is 9.98. The molecule has 0 spiro atoms. The van der Waals surface area contributed by atoms with Gasteiger partial charge >= 0.3 is 18.2 Å². The summed E-state index contributed by atoms with van der Waals surface area (Å²) >= 11 is 0. The summed E-state index contributed by atoms with van der Waals surface area (Å²) in [6.45, 7) is 0.0700. The number of halogens is 3. The number of amides is 2. The van der Waals surface area contributed by atoms with Gasteiger partial charge in [0.05, 0.1) is 6.42 Å². The van der Waals surface area contributed by atoms with Crippen molar-refractivity contribution in [2.24, 2.45) is 5.92 Å². The van der Waals surface area contributed by atoms with E-state index in [-0.39, 0.29) is 38.0 Å². The van der Waals surface area contributed by atoms with Gasteiger partial charge in [0.15, 0.2) is 0 Å². The monoisotopic (exact) mass is 490 g/mol. The topological polar surface area (TPSA) is 95.9 Å². The molecule has 2 aromatic rings. The summed E-state index contributed by atoms with van der Waals surface area (Å²) in [5.41, 5.74) is 3.91. The number of carbonyl (C=O) groups excluding carboxylic acids is 2. The van der Waals surface area contributed by atoms with Gasteiger partial charge in [-0.15, -0.1) is 0 Å². The van der Waals surface area contributed by atoms with Gasteiger partial charge in [-0.25, -0.2) is 4.79 Å². The summed E-state index contributed by atoms with van der Waals surface area (Å²) in [6, 6.07) is 13.4. The molecule has 1 fully saturated rings. The fourth-order valence-corrected chi connectivity index (χ4v) is 4.88. The zero-order valence-corrected chi connectivity index (χ0v) is 18.8. The van der Waals surface area contributed by atoms with E-state index in [2.05, 4.69) is 5.32 Å². The molecule has 1 saturated heterocycles. The van der Waals surface area contributed by atoms with E-state index in [1.807, 2.05) is 48.5 Å². The Morgan fingerprint density at radius 1 is 1.06 bits per heavy atom. The largest absolute Gasteiger partial charge is 0.481 e. The van der Waals surface area contributed by atoms with E-state index in [1.54, 1.807) is 0 Å². The summed E-state index contributed by atoms with van der Waals surface area (Å²) in [6.07, 6.45) is -7.15. The van der Waals surface area contributed by atoms with Gasteiger partial charge in [-0.2, -0.15) is 13.2 Å². The summed E-state index contributed by atoms with van der Waals surface area (Å²) in [5, 5.41) is 11.0. The van der Waals surface area contributed by atoms with Crippen molar-refractivity contribution in [1.82, 2.24) is 10.2 Å². The predicted molar refractivity (Wildman–Crippen MR) is 120 cm³/mol. The van der Waals surface area contributed by atoms with Crippen molar-refractivity contribution < 1.29 is 37.4 Å². The van der Waals surface area contributed by atoms with E-state index in [0.717, 1.165) is 22.3 Å². The van der Waals surface area contributed by atoms with E-state index in [0.29, 0.717) is 6.42 Å². The number of nitrogens with one attached hydrogen (secondary N) is 1. The van der Waals surface area contributed by atoms with Crippen molar-refractivity contribution in [3.05, 3.63) is 59.7 Å². The number of hydrogen-bond acceptors (Lipinski definition) is 4. The number of carboxylic acids is 1. The van der Waals surface area contributed by atoms with Crippen LogP contribution in [0.3, 0.4) is 0 Å². The lowest BCUT2D eigenvalue weighted by Crippen LogP contribution is -2.50. The number of benzene rings is 2. The van der Waals surface area contributed by atoms with Crippen LogP contribution in [-0.2, 0) is 14.3 Å². The first-order valence-electron chi connectivity index (χ1n) is 11.3. The first-order valence-corrected chi connectivity index (χ1v) is 11.3. The minimum Gasteiger partial charge on any atom is -0.481 e. The molecule has 4 rings (SSSR count). The highest BCUT2D eigenvalue weighted by atomic mass is 19.4. The molecule has 0 saturated carbocycles. The first kappa shape index (κ1) is 24.6. The van der Waals surface area contributed by atoms with Crippen LogP contribution in [0.4, 0.5) is 18.0 Å². The Morgan fingerprint density at radius 2 is 1.66 bits per heavy atom. The minimum atomic E-state index is -4.70. The van der Waals surface area contributed by atoms with Crippen molar-refractivity contribution in [3.63, 3.8) is 0 Å². The smallest absolute Gasteiger partial charge is 0.407 e. The van der Waals surface area contributed by atoms with Gasteiger partial charge in [0, 0.05) is 25.4 Å². The molecule has 1 heterocycles. The molecule has 2 N–H and O–H groups in total. The molecule has 0 radical (unpaired) electrons. The van der Waals surface area contributed by atoms with Gasteiger partial charge in [-0.1, -0.05) is 48.5 Å². The van der Waals surface area contributed by atoms with Crippen LogP contribution in [0.1, 0.15) is 36.3 Å². The van der Waals surface area contributed by atoms with Crippen molar-refractivity contribution in [2.45, 2.75) is 37.4 Å². The number of alkyl carbamates (subject to hydrolysis) is 1. The van der Waals surface area contributed by atoms with Gasteiger partial charge < -0.3 is 20.1 Å². The number of carboxylic acid groups (broad SMARTS) is 1. The highest BCUT2D eigenvalue weighted by Crippen LogP contribution is 2.44. The zero-order valence-electron chi connectivity index (χ0n) is 18.8. The van der Waals surface area contributed by atoms with Crippen LogP contribution in [0, 0.1) is 5.92 Å². The van der Waals surface area contributed by atoms with Crippen LogP contribution >= 0.6 is 0 Å². The van der Waals surface area contributed by atoms with Crippen LogP contribution < -0.4 is 5.32 Å². The van der Waals surface area contributed by atoms with Crippen molar-refractivity contribution in [2.75, 3.05) is 19.7 Å². The fraction of sp³-hybridized carbons (Fsp3) is 0.400. The summed E-state index contributed by atoms with van der Waals surface area (Å²) in [5.74, 6) is -2.55. The lowest BCUT2D eigenvalue weighted by molar-refractivity contribution is -0.153. The summed E-state index contributed by atoms with van der Waals surface area (Å²) < 4.78 is 44.8. The molecular formula is C25H25F3N2O5. The van der Waals surface area contributed by atoms with E-state index >= 15 is 0 Å². The molecule has 35 heavy (non-hydrogen) atoms. The number of alkyl halides is 3. The molecule has 0 bridgehead atoms. The average molecular weight is 490 g/mol. The normalized spacial score (nSPS) is 18.0. The molecule has 2 aromatic carbocycles. The molecular weight excluding hydrogens is 465 g/mol. The van der Waals surface area contributed by atoms with Crippen LogP contribution in [0.5, 0.6) is 0 Å². The Bertz CT molecular complexity index is 1070. The van der Waals surface area contributed by atoms with Gasteiger partial charge in [0.1, 0.15) is 12.6 Å². The second kappa shape index (κ2) is 9.97. The average Bonchev–Trinajstić information content (AvgIpc) is 3.38. The third-order valence-corrected chi connectivity index (χ3v) is 6.43. The van der Waals surface area contributed by atoms with E-state index < -0.39 is 36.6 Å². The molecule has 7 nitrogen and oxygen atoms in total. The number of hydrogen-bond donors (Lipinski definition) is 2. The fourth-order valence-electron chi connectivity index (χ4n) is 4.88. The van der Waals surface area contributed by atoms with Crippen LogP contribution in [0.15, 0.2) is 48.5 Å². The minimum absolute atomic E-state index is 0.0336. The molecule has 1 aliphatic heterocycles. The maximum atomic E-state index is 13.2. The molecule has 0 aromatic heterocycles. The standard InChI is InChI=1S/C25H25F3N2O5/c26-25(27,28)12-21(23(33)30-10-9-15(13-30)11-22(31)32)29-24(34)35-14-20-18-7-3-1-5-16(18)17-6-2-4-8-19(17)20/h1-8,15,20-21H,9-14H2,(H,29,34)(H,31,32). The third kappa shape index (κ3) is 5.75. The number of fused-ring (bicyclic) bond motifs is 3. The van der Waals surface area contributed by atoms with Gasteiger partial charge in [-0.3, -0.25) is 9.59 Å². The van der Waals surface area contributed by atoms with Gasteiger partial charge in [-0.05, 0) is 34.6 Å². The van der Waals surface area contributed by atoms with E-state index in [9.17, 15) is 27.6 Å². The van der Waals surface area contributed by atoms with E-state index in [4.69, 9.17) is 9.84 Å². The predicted octanol–water partition coefficient (Wildman–Crippen LogP) is 4.17. The third-order valence-electron chi connectivity index (χ3n) is 6.43. The molecule has 186 valence electrons. The van der Waals surface area contributed by atoms with Crippen molar-refractivity contribution in [1.29, 1.82) is 0 Å². The number of aliphatic carboxylic acids is 1. The second-order valence-corrected chi connectivity index (χ2v) is 8.88. The number of rotatable bonds is 7. The zero-order chi connectivity index (χ0) is 25.2. The maximum absolute atomic E-state index is 13.2. The quantitative estimate of drug-likeness (QED) is 0.608. The van der Waals surface area contributed by atoms with Gasteiger partial charge in [0.25, 0.3) is 0 Å². The second-order valence-electron chi connectivity index (χ2n) is 8.88. The lowest BCUT2D eigenvalue weighted by Gasteiger charge is -2.25. The Balaban J connectivity index is 1.42. The molecule has 2 amide bonds. The molecule has 10 heteroatoms. The highest BCUT2D eigenvalue weighted by Gasteiger charge is 2.40. The molecule has 2 atom stereocenters. The first-order chi connectivity index (χ1) is 16.6. The van der Waals surface area contributed by atoms with Crippen LogP contribution in [0.2, 0.25) is 0 Å². The highest BCUT2D eigenvalue weighted by molar-refractivity contribution is 5.86. The number of carbonyl (C=O) groups is 3. The van der Waals surface area contributed by atoms with Crippen molar-refractivity contribution in [3.8, 4) is 11.1 Å². The number of nitrogens with zero attached hydrogens (tertiary/aromatic N) is 1. The Labute approximate surface area is 199 Å². The Hall–Kier alpha value is -3.56. The molecule has 2 unspecified atom stereocenters. The van der Waals surface area contributed by atoms with Crippen LogP contribution in [0.25, 0.3) is 11.1 Å². The molecule has 1 aliphatic carbocycles. The summed E-state index contributed by atoms with van der Waals surface area (Å²) in [4.78, 5) is 37.4. The SMILES string of the molecule is O=C(O)CC1CCN(C(=O)C(CC(F)(F)F)NC(=O)OCC2c3ccccc3-c3ccccc32)C1. The van der Waals surface area contributed by atoms with Gasteiger partial charge in [0.2, 0.25) is 5.91 Å². The maximum Gasteiger partial charge on any atom is 0.407 e. The Kier molecular flexibility index (Phi) is 7.00. The number of ether oxygens (including phenoxy) is 1. The van der Waals surface area contributed by atoms with Crippen molar-refractivity contribution >= 4 is 18.0 Å².